The Labute approximate surface area is 86.9 Å². The molecule has 0 aromatic carbocycles. The van der Waals surface area contributed by atoms with Crippen molar-refractivity contribution in [3.63, 3.8) is 0 Å². The van der Waals surface area contributed by atoms with Crippen molar-refractivity contribution in [3.05, 3.63) is 10.5 Å². The Morgan fingerprint density at radius 1 is 1.46 bits per heavy atom. The Hall–Kier alpha value is -0.271. The molecule has 0 atom stereocenters. The van der Waals surface area contributed by atoms with Crippen LogP contribution in [-0.4, -0.2) is 28.0 Å². The topological polar surface area (TPSA) is 26.3 Å². The molecule has 2 nitrogen and oxygen atoms in total. The zero-order chi connectivity index (χ0) is 10.1. The maximum absolute atomic E-state index is 11.1. The Kier molecular flexibility index (Phi) is 8.16. The third-order valence-corrected chi connectivity index (χ3v) is 3.37. The summed E-state index contributed by atoms with van der Waals surface area (Å²) in [6, 6.07) is 0. The molecular weight excluding hydrogens is 231 g/mol. The fourth-order valence-electron chi connectivity index (χ4n) is 0.978. The number of hydrogen-bond acceptors (Lipinski definition) is 2. The minimum absolute atomic E-state index is 0.154. The summed E-state index contributed by atoms with van der Waals surface area (Å²) >= 11 is 0.249. The summed E-state index contributed by atoms with van der Waals surface area (Å²) in [7, 11) is 1.44. The van der Waals surface area contributed by atoms with Crippen molar-refractivity contribution in [1.29, 1.82) is 0 Å². The van der Waals surface area contributed by atoms with Crippen LogP contribution >= 0.6 is 0 Å². The van der Waals surface area contributed by atoms with E-state index in [-0.39, 0.29) is 20.9 Å². The standard InChI is InChI=1S/C10H18O2Se/c1-4-5-6-7-8-9(13-3)10(11)12-2/h8H,4-7H2,1-3H3/b9-8+. The second-order valence-electron chi connectivity index (χ2n) is 2.76. The second kappa shape index (κ2) is 8.33. The first-order valence-corrected chi connectivity index (χ1v) is 7.15. The van der Waals surface area contributed by atoms with Crippen molar-refractivity contribution in [2.24, 2.45) is 0 Å². The predicted molar refractivity (Wildman–Crippen MR) is 55.9 cm³/mol. The predicted octanol–water partition coefficient (Wildman–Crippen LogP) is 2.38. The molecule has 0 aromatic heterocycles. The summed E-state index contributed by atoms with van der Waals surface area (Å²) < 4.78 is 5.54. The van der Waals surface area contributed by atoms with E-state index >= 15 is 0 Å². The Bertz CT molecular complexity index is 176. The molecule has 0 aromatic rings. The fourth-order valence-corrected chi connectivity index (χ4v) is 2.10. The van der Waals surface area contributed by atoms with Gasteiger partial charge in [0.2, 0.25) is 0 Å². The third-order valence-electron chi connectivity index (χ3n) is 1.74. The van der Waals surface area contributed by atoms with Crippen LogP contribution in [-0.2, 0) is 9.53 Å². The van der Waals surface area contributed by atoms with Crippen LogP contribution in [0.25, 0.3) is 0 Å². The van der Waals surface area contributed by atoms with E-state index in [1.165, 1.54) is 26.4 Å². The number of unbranched alkanes of at least 4 members (excludes halogenated alkanes) is 3. The van der Waals surface area contributed by atoms with E-state index < -0.39 is 0 Å². The van der Waals surface area contributed by atoms with Gasteiger partial charge in [-0.3, -0.25) is 0 Å². The number of carbonyl (C=O) groups is 1. The van der Waals surface area contributed by atoms with Gasteiger partial charge in [-0.25, -0.2) is 0 Å². The summed E-state index contributed by atoms with van der Waals surface area (Å²) in [4.78, 5) is 11.1. The minimum atomic E-state index is -0.154. The molecule has 0 heterocycles. The molecule has 13 heavy (non-hydrogen) atoms. The van der Waals surface area contributed by atoms with Crippen LogP contribution in [0.5, 0.6) is 0 Å². The first-order valence-electron chi connectivity index (χ1n) is 4.58. The summed E-state index contributed by atoms with van der Waals surface area (Å²) in [6.07, 6.45) is 6.67. The van der Waals surface area contributed by atoms with Crippen molar-refractivity contribution in [3.8, 4) is 0 Å². The average molecular weight is 249 g/mol. The van der Waals surface area contributed by atoms with Crippen LogP contribution in [0.4, 0.5) is 0 Å². The van der Waals surface area contributed by atoms with Gasteiger partial charge in [-0.1, -0.05) is 0 Å². The van der Waals surface area contributed by atoms with Crippen LogP contribution in [0.15, 0.2) is 10.5 Å². The molecule has 0 fully saturated rings. The third kappa shape index (κ3) is 5.89. The number of rotatable bonds is 6. The number of esters is 1. The Morgan fingerprint density at radius 2 is 2.15 bits per heavy atom. The molecule has 0 rings (SSSR count). The molecule has 0 saturated heterocycles. The monoisotopic (exact) mass is 250 g/mol. The van der Waals surface area contributed by atoms with Gasteiger partial charge < -0.3 is 0 Å². The fraction of sp³-hybridized carbons (Fsp3) is 0.700. The van der Waals surface area contributed by atoms with Gasteiger partial charge in [-0.15, -0.1) is 0 Å². The molecule has 3 heteroatoms. The van der Waals surface area contributed by atoms with E-state index in [1.807, 2.05) is 11.9 Å². The quantitative estimate of drug-likeness (QED) is 0.312. The first kappa shape index (κ1) is 12.7. The van der Waals surface area contributed by atoms with Crippen molar-refractivity contribution >= 4 is 20.9 Å². The Morgan fingerprint density at radius 3 is 2.62 bits per heavy atom. The zero-order valence-electron chi connectivity index (χ0n) is 8.63. The number of allylic oxidation sites excluding steroid dienone is 1. The van der Waals surface area contributed by atoms with Crippen molar-refractivity contribution in [2.75, 3.05) is 7.11 Å². The van der Waals surface area contributed by atoms with Crippen LogP contribution < -0.4 is 0 Å². The van der Waals surface area contributed by atoms with Gasteiger partial charge in [-0.05, 0) is 0 Å². The van der Waals surface area contributed by atoms with Crippen LogP contribution in [0.1, 0.15) is 32.6 Å². The van der Waals surface area contributed by atoms with Crippen molar-refractivity contribution < 1.29 is 9.53 Å². The zero-order valence-corrected chi connectivity index (χ0v) is 10.3. The summed E-state index contributed by atoms with van der Waals surface area (Å²) in [6.45, 7) is 2.18. The summed E-state index contributed by atoms with van der Waals surface area (Å²) in [5, 5.41) is 0. The molecule has 0 saturated carbocycles. The van der Waals surface area contributed by atoms with Crippen LogP contribution in [0, 0.1) is 0 Å². The number of ether oxygens (including phenoxy) is 1. The molecule has 76 valence electrons. The molecule has 0 amide bonds. The van der Waals surface area contributed by atoms with Crippen molar-refractivity contribution in [2.45, 2.75) is 38.4 Å². The van der Waals surface area contributed by atoms with Gasteiger partial charge in [0.1, 0.15) is 0 Å². The molecule has 0 aliphatic rings. The average Bonchev–Trinajstić information content (AvgIpc) is 2.17. The number of hydrogen-bond donors (Lipinski definition) is 0. The van der Waals surface area contributed by atoms with E-state index in [0.717, 1.165) is 10.9 Å². The van der Waals surface area contributed by atoms with Gasteiger partial charge in [0.15, 0.2) is 0 Å². The molecule has 0 bridgehead atoms. The molecule has 0 radical (unpaired) electrons. The SMILES string of the molecule is CCCCC/C=C(/[Se]C)C(=O)OC. The molecule has 0 N–H and O–H groups in total. The normalized spacial score (nSPS) is 11.5. The molecule has 0 unspecified atom stereocenters. The van der Waals surface area contributed by atoms with Crippen LogP contribution in [0.3, 0.4) is 0 Å². The van der Waals surface area contributed by atoms with E-state index in [0.29, 0.717) is 0 Å². The molecular formula is C10H18O2Se. The van der Waals surface area contributed by atoms with Gasteiger partial charge in [0.05, 0.1) is 0 Å². The van der Waals surface area contributed by atoms with Crippen molar-refractivity contribution in [1.82, 2.24) is 0 Å². The summed E-state index contributed by atoms with van der Waals surface area (Å²) in [5.41, 5.74) is 0. The van der Waals surface area contributed by atoms with Gasteiger partial charge in [0, 0.05) is 0 Å². The Balaban J connectivity index is 3.85. The first-order chi connectivity index (χ1) is 6.26. The maximum atomic E-state index is 11.1. The van der Waals surface area contributed by atoms with Gasteiger partial charge >= 0.3 is 86.5 Å². The van der Waals surface area contributed by atoms with Crippen LogP contribution in [0.2, 0.25) is 5.82 Å². The van der Waals surface area contributed by atoms with E-state index in [4.69, 9.17) is 0 Å². The molecule has 0 aliphatic carbocycles. The van der Waals surface area contributed by atoms with Gasteiger partial charge in [0.25, 0.3) is 0 Å². The molecule has 0 spiro atoms. The summed E-state index contributed by atoms with van der Waals surface area (Å²) in [5.74, 6) is 1.88. The number of carbonyl (C=O) groups excluding carboxylic acids is 1. The van der Waals surface area contributed by atoms with E-state index in [1.54, 1.807) is 0 Å². The second-order valence-corrected chi connectivity index (χ2v) is 4.54. The van der Waals surface area contributed by atoms with Gasteiger partial charge in [-0.2, -0.15) is 0 Å². The molecule has 0 aliphatic heterocycles. The van der Waals surface area contributed by atoms with E-state index in [2.05, 4.69) is 11.7 Å². The number of methoxy groups -OCH3 is 1. The van der Waals surface area contributed by atoms with E-state index in [9.17, 15) is 4.79 Å².